The highest BCUT2D eigenvalue weighted by Crippen LogP contribution is 2.26. The lowest BCUT2D eigenvalue weighted by Crippen LogP contribution is -2.09. The third-order valence-corrected chi connectivity index (χ3v) is 3.33. The molecule has 0 spiro atoms. The highest BCUT2D eigenvalue weighted by atomic mass is 15.0. The Morgan fingerprint density at radius 1 is 0.727 bits per heavy atom. The lowest BCUT2D eigenvalue weighted by atomic mass is 10.0. The minimum Gasteiger partial charge on any atom is -0.397 e. The van der Waals surface area contributed by atoms with E-state index in [0.29, 0.717) is 17.2 Å². The number of aromatic nitrogens is 3. The van der Waals surface area contributed by atoms with Gasteiger partial charge in [0.2, 0.25) is 0 Å². The van der Waals surface area contributed by atoms with Crippen LogP contribution in [0.3, 0.4) is 0 Å². The van der Waals surface area contributed by atoms with Gasteiger partial charge in [-0.2, -0.15) is 0 Å². The van der Waals surface area contributed by atoms with Gasteiger partial charge in [0.1, 0.15) is 12.7 Å². The van der Waals surface area contributed by atoms with Gasteiger partial charge < -0.3 is 11.5 Å². The van der Waals surface area contributed by atoms with Crippen molar-refractivity contribution in [2.45, 2.75) is 0 Å². The number of benzene rings is 2. The minimum absolute atomic E-state index is 0.502. The lowest BCUT2D eigenvalue weighted by molar-refractivity contribution is 1.05. The van der Waals surface area contributed by atoms with E-state index in [2.05, 4.69) is 15.0 Å². The Balaban J connectivity index is 2.13. The Kier molecular flexibility index (Phi) is 3.78. The molecule has 5 nitrogen and oxygen atoms in total. The average molecular weight is 289 g/mol. The van der Waals surface area contributed by atoms with Crippen LogP contribution in [0.25, 0.3) is 22.8 Å². The van der Waals surface area contributed by atoms with Crippen molar-refractivity contribution < 1.29 is 0 Å². The van der Waals surface area contributed by atoms with Gasteiger partial charge in [-0.15, -0.1) is 0 Å². The first-order valence-electron chi connectivity index (χ1n) is 6.80. The zero-order chi connectivity index (χ0) is 15.4. The maximum Gasteiger partial charge on any atom is 0.163 e. The van der Waals surface area contributed by atoms with Gasteiger partial charge in [0.05, 0.1) is 11.4 Å². The van der Waals surface area contributed by atoms with Crippen LogP contribution in [0.2, 0.25) is 0 Å². The molecule has 0 aliphatic carbocycles. The molecule has 3 aromatic rings. The SMILES string of the molecule is NC(=C(N)c1ccccc1-c1ncncn1)c1ccccc1. The predicted octanol–water partition coefficient (Wildman–Crippen LogP) is 2.28. The van der Waals surface area contributed by atoms with Gasteiger partial charge in [-0.3, -0.25) is 0 Å². The summed E-state index contributed by atoms with van der Waals surface area (Å²) in [7, 11) is 0. The standard InChI is InChI=1S/C17H15N5/c18-15(12-6-2-1-3-7-12)16(19)13-8-4-5-9-14(13)17-21-10-20-11-22-17/h1-11H,18-19H2. The van der Waals surface area contributed by atoms with Gasteiger partial charge in [-0.1, -0.05) is 54.6 Å². The van der Waals surface area contributed by atoms with Gasteiger partial charge in [0.25, 0.3) is 0 Å². The Morgan fingerprint density at radius 2 is 1.36 bits per heavy atom. The van der Waals surface area contributed by atoms with Crippen LogP contribution in [0, 0.1) is 0 Å². The second-order valence-corrected chi connectivity index (χ2v) is 4.70. The van der Waals surface area contributed by atoms with Crippen LogP contribution in [-0.2, 0) is 0 Å². The topological polar surface area (TPSA) is 90.7 Å². The molecule has 1 heterocycles. The van der Waals surface area contributed by atoms with E-state index in [9.17, 15) is 0 Å². The van der Waals surface area contributed by atoms with Crippen LogP contribution in [0.1, 0.15) is 11.1 Å². The highest BCUT2D eigenvalue weighted by molar-refractivity contribution is 5.91. The zero-order valence-corrected chi connectivity index (χ0v) is 11.8. The van der Waals surface area contributed by atoms with Gasteiger partial charge >= 0.3 is 0 Å². The number of rotatable bonds is 3. The van der Waals surface area contributed by atoms with Crippen molar-refractivity contribution in [3.05, 3.63) is 78.4 Å². The summed E-state index contributed by atoms with van der Waals surface area (Å²) in [5, 5.41) is 0. The fourth-order valence-electron chi connectivity index (χ4n) is 2.21. The molecule has 0 saturated carbocycles. The summed E-state index contributed by atoms with van der Waals surface area (Å²) in [6.45, 7) is 0. The third-order valence-electron chi connectivity index (χ3n) is 3.33. The van der Waals surface area contributed by atoms with Crippen molar-refractivity contribution in [1.82, 2.24) is 15.0 Å². The molecule has 0 atom stereocenters. The van der Waals surface area contributed by atoms with E-state index in [1.165, 1.54) is 12.7 Å². The zero-order valence-electron chi connectivity index (χ0n) is 11.8. The Hall–Kier alpha value is -3.21. The molecule has 0 unspecified atom stereocenters. The van der Waals surface area contributed by atoms with Gasteiger partial charge in [-0.05, 0) is 5.56 Å². The molecule has 0 aliphatic heterocycles. The summed E-state index contributed by atoms with van der Waals surface area (Å²) in [5.74, 6) is 0.564. The molecule has 108 valence electrons. The van der Waals surface area contributed by atoms with Crippen molar-refractivity contribution in [1.29, 1.82) is 0 Å². The maximum absolute atomic E-state index is 6.29. The molecule has 22 heavy (non-hydrogen) atoms. The third kappa shape index (κ3) is 2.64. The first kappa shape index (κ1) is 13.8. The number of hydrogen-bond acceptors (Lipinski definition) is 5. The molecule has 0 aliphatic rings. The van der Waals surface area contributed by atoms with E-state index in [1.807, 2.05) is 54.6 Å². The van der Waals surface area contributed by atoms with Crippen molar-refractivity contribution in [3.63, 3.8) is 0 Å². The molecule has 1 aromatic heterocycles. The fourth-order valence-corrected chi connectivity index (χ4v) is 2.21. The molecule has 0 saturated heterocycles. The van der Waals surface area contributed by atoms with Gasteiger partial charge in [0.15, 0.2) is 5.82 Å². The molecular formula is C17H15N5. The number of nitrogens with zero attached hydrogens (tertiary/aromatic N) is 3. The second kappa shape index (κ2) is 6.05. The second-order valence-electron chi connectivity index (χ2n) is 4.70. The largest absolute Gasteiger partial charge is 0.397 e. The van der Waals surface area contributed by atoms with Crippen molar-refractivity contribution in [3.8, 4) is 11.4 Å². The van der Waals surface area contributed by atoms with Crippen molar-refractivity contribution >= 4 is 11.4 Å². The van der Waals surface area contributed by atoms with Crippen LogP contribution in [0.15, 0.2) is 67.3 Å². The molecule has 0 amide bonds. The van der Waals surface area contributed by atoms with Crippen LogP contribution in [0.4, 0.5) is 0 Å². The van der Waals surface area contributed by atoms with Crippen molar-refractivity contribution in [2.24, 2.45) is 11.5 Å². The van der Waals surface area contributed by atoms with E-state index >= 15 is 0 Å². The molecular weight excluding hydrogens is 274 g/mol. The van der Waals surface area contributed by atoms with E-state index in [-0.39, 0.29) is 0 Å². The molecule has 5 heteroatoms. The van der Waals surface area contributed by atoms with Crippen LogP contribution < -0.4 is 11.5 Å². The van der Waals surface area contributed by atoms with E-state index in [1.54, 1.807) is 0 Å². The highest BCUT2D eigenvalue weighted by Gasteiger charge is 2.12. The number of hydrogen-bond donors (Lipinski definition) is 2. The first-order chi connectivity index (χ1) is 10.8. The lowest BCUT2D eigenvalue weighted by Gasteiger charge is -2.12. The van der Waals surface area contributed by atoms with Crippen LogP contribution in [0.5, 0.6) is 0 Å². The Labute approximate surface area is 128 Å². The fraction of sp³-hybridized carbons (Fsp3) is 0. The summed E-state index contributed by atoms with van der Waals surface area (Å²) >= 11 is 0. The Bertz CT molecular complexity index is 798. The molecule has 0 bridgehead atoms. The van der Waals surface area contributed by atoms with E-state index < -0.39 is 0 Å². The molecule has 3 rings (SSSR count). The quantitative estimate of drug-likeness (QED) is 0.722. The first-order valence-corrected chi connectivity index (χ1v) is 6.80. The minimum atomic E-state index is 0.502. The normalized spacial score (nSPS) is 11.8. The van der Waals surface area contributed by atoms with E-state index in [4.69, 9.17) is 11.5 Å². The van der Waals surface area contributed by atoms with E-state index in [0.717, 1.165) is 16.7 Å². The summed E-state index contributed by atoms with van der Waals surface area (Å²) in [5.41, 5.74) is 16.0. The number of nitrogens with two attached hydrogens (primary N) is 2. The summed E-state index contributed by atoms with van der Waals surface area (Å²) in [4.78, 5) is 12.2. The summed E-state index contributed by atoms with van der Waals surface area (Å²) < 4.78 is 0. The predicted molar refractivity (Wildman–Crippen MR) is 86.9 cm³/mol. The van der Waals surface area contributed by atoms with Gasteiger partial charge in [0, 0.05) is 11.1 Å². The van der Waals surface area contributed by atoms with Crippen LogP contribution in [-0.4, -0.2) is 15.0 Å². The summed E-state index contributed by atoms with van der Waals surface area (Å²) in [6.07, 6.45) is 2.92. The molecule has 0 fully saturated rings. The Morgan fingerprint density at radius 3 is 2.09 bits per heavy atom. The van der Waals surface area contributed by atoms with Crippen LogP contribution >= 0.6 is 0 Å². The van der Waals surface area contributed by atoms with Crippen molar-refractivity contribution in [2.75, 3.05) is 0 Å². The monoisotopic (exact) mass is 289 g/mol. The molecule has 4 N–H and O–H groups in total. The summed E-state index contributed by atoms with van der Waals surface area (Å²) in [6, 6.07) is 17.3. The maximum atomic E-state index is 6.29. The van der Waals surface area contributed by atoms with Gasteiger partial charge in [-0.25, -0.2) is 15.0 Å². The molecule has 0 radical (unpaired) electrons. The molecule has 2 aromatic carbocycles. The average Bonchev–Trinajstić information content (AvgIpc) is 2.62. The smallest absolute Gasteiger partial charge is 0.163 e.